The summed E-state index contributed by atoms with van der Waals surface area (Å²) in [6, 6.07) is 20.7. The van der Waals surface area contributed by atoms with Gasteiger partial charge in [-0.25, -0.2) is 0 Å². The van der Waals surface area contributed by atoms with Gasteiger partial charge in [-0.05, 0) is 43.5 Å². The van der Waals surface area contributed by atoms with E-state index in [0.717, 1.165) is 28.3 Å². The van der Waals surface area contributed by atoms with E-state index in [0.29, 0.717) is 27.9 Å². The molecule has 3 N–H and O–H groups in total. The number of rotatable bonds is 11. The Hall–Kier alpha value is -3.54. The predicted molar refractivity (Wildman–Crippen MR) is 167 cm³/mol. The van der Waals surface area contributed by atoms with Crippen LogP contribution in [0.2, 0.25) is 5.02 Å². The Kier molecular flexibility index (Phi) is 11.7. The molecule has 0 fully saturated rings. The lowest BCUT2D eigenvalue weighted by molar-refractivity contribution is -0.108. The summed E-state index contributed by atoms with van der Waals surface area (Å²) in [4.78, 5) is 16.5. The van der Waals surface area contributed by atoms with Crippen LogP contribution in [0.3, 0.4) is 0 Å². The highest BCUT2D eigenvalue weighted by Crippen LogP contribution is 2.27. The molecule has 0 saturated heterocycles. The van der Waals surface area contributed by atoms with Crippen molar-refractivity contribution < 1.29 is 4.79 Å². The minimum atomic E-state index is -0.659. The standard InChI is InChI=1S/C30H29Cl2N5OS/c1-20(18-22(31)8-7-16-34-2)29(25-11-5-6-12-26(25)32)36-28(15-17-38)37-30(39)35-27-14-13-21(19-33)23-9-3-4-10-24(23)27/h3-14,17-18,20,28,34H,15-16H2,1-2H3,(H2,35,37,39)/b8-7-,22-18+,36-29+. The number of nitriles is 1. The van der Waals surface area contributed by atoms with Crippen LogP contribution >= 0.6 is 35.4 Å². The molecule has 200 valence electrons. The van der Waals surface area contributed by atoms with Crippen molar-refractivity contribution in [3.05, 3.63) is 100 Å². The van der Waals surface area contributed by atoms with Crippen LogP contribution in [0.4, 0.5) is 5.69 Å². The highest BCUT2D eigenvalue weighted by Gasteiger charge is 2.18. The van der Waals surface area contributed by atoms with Crippen molar-refractivity contribution in [1.82, 2.24) is 10.6 Å². The van der Waals surface area contributed by atoms with Gasteiger partial charge in [0.05, 0.1) is 17.3 Å². The van der Waals surface area contributed by atoms with Crippen molar-refractivity contribution in [3.8, 4) is 6.07 Å². The Morgan fingerprint density at radius 2 is 1.85 bits per heavy atom. The van der Waals surface area contributed by atoms with Crippen LogP contribution in [-0.4, -0.2) is 36.9 Å². The maximum absolute atomic E-state index is 11.6. The van der Waals surface area contributed by atoms with Crippen LogP contribution in [0.1, 0.15) is 24.5 Å². The third-order valence-corrected chi connectivity index (χ3v) is 6.60. The normalized spacial score (nSPS) is 13.6. The number of carbonyl (C=O) groups excluding carboxylic acids is 1. The van der Waals surface area contributed by atoms with Gasteiger partial charge in [-0.15, -0.1) is 0 Å². The van der Waals surface area contributed by atoms with Crippen LogP contribution in [0.25, 0.3) is 10.8 Å². The fraction of sp³-hybridized carbons (Fsp3) is 0.200. The van der Waals surface area contributed by atoms with E-state index in [9.17, 15) is 10.1 Å². The molecular weight excluding hydrogens is 549 g/mol. The van der Waals surface area contributed by atoms with Gasteiger partial charge in [-0.1, -0.05) is 84.7 Å². The number of allylic oxidation sites excluding steroid dienone is 3. The van der Waals surface area contributed by atoms with E-state index < -0.39 is 6.17 Å². The molecule has 39 heavy (non-hydrogen) atoms. The molecule has 6 nitrogen and oxygen atoms in total. The topological polar surface area (TPSA) is 89.3 Å². The molecule has 0 spiro atoms. The van der Waals surface area contributed by atoms with Crippen molar-refractivity contribution in [3.63, 3.8) is 0 Å². The molecule has 0 aliphatic carbocycles. The average molecular weight is 579 g/mol. The molecule has 0 aliphatic rings. The number of nitrogens with one attached hydrogen (secondary N) is 3. The predicted octanol–water partition coefficient (Wildman–Crippen LogP) is 6.59. The molecular formula is C30H29Cl2N5OS. The molecule has 0 aromatic heterocycles. The molecule has 0 saturated carbocycles. The Labute approximate surface area is 244 Å². The Morgan fingerprint density at radius 1 is 1.13 bits per heavy atom. The lowest BCUT2D eigenvalue weighted by Gasteiger charge is -2.21. The van der Waals surface area contributed by atoms with E-state index in [-0.39, 0.29) is 17.5 Å². The van der Waals surface area contributed by atoms with Crippen LogP contribution < -0.4 is 16.0 Å². The Morgan fingerprint density at radius 3 is 2.54 bits per heavy atom. The van der Waals surface area contributed by atoms with E-state index in [4.69, 9.17) is 40.4 Å². The highest BCUT2D eigenvalue weighted by atomic mass is 35.5. The van der Waals surface area contributed by atoms with Crippen LogP contribution in [-0.2, 0) is 4.79 Å². The van der Waals surface area contributed by atoms with Crippen molar-refractivity contribution in [2.75, 3.05) is 18.9 Å². The fourth-order valence-corrected chi connectivity index (χ4v) is 4.74. The summed E-state index contributed by atoms with van der Waals surface area (Å²) >= 11 is 18.6. The van der Waals surface area contributed by atoms with Gasteiger partial charge in [-0.3, -0.25) is 4.99 Å². The molecule has 2 atom stereocenters. The zero-order chi connectivity index (χ0) is 28.2. The molecule has 0 aliphatic heterocycles. The highest BCUT2D eigenvalue weighted by molar-refractivity contribution is 7.80. The van der Waals surface area contributed by atoms with Crippen molar-refractivity contribution in [2.45, 2.75) is 19.5 Å². The van der Waals surface area contributed by atoms with Gasteiger partial charge >= 0.3 is 0 Å². The summed E-state index contributed by atoms with van der Waals surface area (Å²) in [5, 5.41) is 21.9. The number of nitrogens with zero attached hydrogens (tertiary/aromatic N) is 2. The van der Waals surface area contributed by atoms with Gasteiger partial charge in [-0.2, -0.15) is 5.26 Å². The Balaban J connectivity index is 1.92. The number of benzene rings is 3. The number of aliphatic imine (C=N–C) groups is 1. The van der Waals surface area contributed by atoms with Crippen LogP contribution in [0.5, 0.6) is 0 Å². The summed E-state index contributed by atoms with van der Waals surface area (Å²) in [6.07, 6.45) is 5.84. The number of aldehydes is 1. The van der Waals surface area contributed by atoms with Crippen molar-refractivity contribution >= 4 is 69.0 Å². The van der Waals surface area contributed by atoms with Gasteiger partial charge in [0.1, 0.15) is 12.5 Å². The maximum atomic E-state index is 11.6. The molecule has 0 radical (unpaired) electrons. The largest absolute Gasteiger partial charge is 0.340 e. The number of hydrogen-bond donors (Lipinski definition) is 3. The molecule has 0 bridgehead atoms. The van der Waals surface area contributed by atoms with Crippen molar-refractivity contribution in [2.24, 2.45) is 10.9 Å². The smallest absolute Gasteiger partial charge is 0.172 e. The zero-order valence-corrected chi connectivity index (χ0v) is 23.9. The summed E-state index contributed by atoms with van der Waals surface area (Å²) < 4.78 is 0. The van der Waals surface area contributed by atoms with E-state index in [1.165, 1.54) is 0 Å². The van der Waals surface area contributed by atoms with E-state index >= 15 is 0 Å². The molecule has 0 amide bonds. The molecule has 2 unspecified atom stereocenters. The molecule has 3 aromatic rings. The number of hydrogen-bond acceptors (Lipinski definition) is 5. The third-order valence-electron chi connectivity index (χ3n) is 5.79. The first kappa shape index (κ1) is 30.0. The maximum Gasteiger partial charge on any atom is 0.172 e. The number of halogens is 2. The van der Waals surface area contributed by atoms with Gasteiger partial charge < -0.3 is 20.7 Å². The monoisotopic (exact) mass is 577 g/mol. The molecule has 3 aromatic carbocycles. The second-order valence-electron chi connectivity index (χ2n) is 8.63. The number of anilines is 1. The lowest BCUT2D eigenvalue weighted by Crippen LogP contribution is -2.38. The average Bonchev–Trinajstić information content (AvgIpc) is 2.92. The van der Waals surface area contributed by atoms with Crippen LogP contribution in [0, 0.1) is 17.2 Å². The first-order chi connectivity index (χ1) is 18.9. The summed E-state index contributed by atoms with van der Waals surface area (Å²) in [5.41, 5.74) is 2.70. The molecule has 0 heterocycles. The Bertz CT molecular complexity index is 1460. The zero-order valence-electron chi connectivity index (χ0n) is 21.6. The summed E-state index contributed by atoms with van der Waals surface area (Å²) in [7, 11) is 1.86. The van der Waals surface area contributed by atoms with Gasteiger partial charge in [0.2, 0.25) is 0 Å². The number of thiocarbonyl (C=S) groups is 1. The van der Waals surface area contributed by atoms with Gasteiger partial charge in [0.25, 0.3) is 0 Å². The van der Waals surface area contributed by atoms with Crippen LogP contribution in [0.15, 0.2) is 88.9 Å². The first-order valence-electron chi connectivity index (χ1n) is 12.3. The van der Waals surface area contributed by atoms with E-state index in [2.05, 4.69) is 22.0 Å². The van der Waals surface area contributed by atoms with Gasteiger partial charge in [0, 0.05) is 51.0 Å². The minimum Gasteiger partial charge on any atom is -0.340 e. The van der Waals surface area contributed by atoms with E-state index in [1.54, 1.807) is 18.2 Å². The SMILES string of the molecule is CNC/C=C\C(Cl)=C/C(C)/C(=N\C(CC=O)NC(=S)Nc1ccc(C#N)c2ccccc12)c1ccccc1Cl. The summed E-state index contributed by atoms with van der Waals surface area (Å²) in [6.45, 7) is 2.65. The molecule has 3 rings (SSSR count). The number of fused-ring (bicyclic) bond motifs is 1. The molecule has 9 heteroatoms. The minimum absolute atomic E-state index is 0.0795. The second kappa shape index (κ2) is 15.2. The third kappa shape index (κ3) is 8.47. The summed E-state index contributed by atoms with van der Waals surface area (Å²) in [5.74, 6) is -0.225. The number of carbonyl (C=O) groups is 1. The van der Waals surface area contributed by atoms with E-state index in [1.807, 2.05) is 74.7 Å². The van der Waals surface area contributed by atoms with Crippen molar-refractivity contribution in [1.29, 1.82) is 5.26 Å². The number of likely N-dealkylation sites (N-methyl/N-ethyl adjacent to an activating group) is 1. The fourth-order valence-electron chi connectivity index (χ4n) is 3.98. The lowest BCUT2D eigenvalue weighted by atomic mass is 9.97. The second-order valence-corrected chi connectivity index (χ2v) is 9.88. The quantitative estimate of drug-likeness (QED) is 0.103. The first-order valence-corrected chi connectivity index (χ1v) is 13.5. The van der Waals surface area contributed by atoms with Gasteiger partial charge in [0.15, 0.2) is 5.11 Å².